The predicted octanol–water partition coefficient (Wildman–Crippen LogP) is 1.63. The SMILES string of the molecule is COC(=O)C(=C(Cl)Cl)C(Cl)C(=O)OC. The van der Waals surface area contributed by atoms with E-state index in [0.29, 0.717) is 0 Å². The molecule has 14 heavy (non-hydrogen) atoms. The summed E-state index contributed by atoms with van der Waals surface area (Å²) in [7, 11) is 2.23. The highest BCUT2D eigenvalue weighted by Crippen LogP contribution is 2.23. The molecule has 80 valence electrons. The van der Waals surface area contributed by atoms with Crippen LogP contribution in [0, 0.1) is 0 Å². The molecule has 0 aromatic rings. The summed E-state index contributed by atoms with van der Waals surface area (Å²) in [5, 5.41) is -1.38. The Morgan fingerprint density at radius 3 is 1.93 bits per heavy atom. The number of carbonyl (C=O) groups excluding carboxylic acids is 2. The van der Waals surface area contributed by atoms with E-state index >= 15 is 0 Å². The number of methoxy groups -OCH3 is 2. The van der Waals surface area contributed by atoms with Crippen LogP contribution in [0.3, 0.4) is 0 Å². The van der Waals surface area contributed by atoms with Crippen molar-refractivity contribution in [3.63, 3.8) is 0 Å². The molecule has 0 radical (unpaired) electrons. The van der Waals surface area contributed by atoms with Gasteiger partial charge in [-0.05, 0) is 0 Å². The molecule has 0 fully saturated rings. The summed E-state index contributed by atoms with van der Waals surface area (Å²) >= 11 is 16.3. The van der Waals surface area contributed by atoms with Crippen LogP contribution in [0.2, 0.25) is 0 Å². The second-order valence-electron chi connectivity index (χ2n) is 2.05. The van der Waals surface area contributed by atoms with Crippen molar-refractivity contribution < 1.29 is 19.1 Å². The van der Waals surface area contributed by atoms with E-state index in [-0.39, 0.29) is 5.57 Å². The number of alkyl halides is 1. The number of esters is 2. The Morgan fingerprint density at radius 1 is 1.14 bits per heavy atom. The van der Waals surface area contributed by atoms with E-state index in [4.69, 9.17) is 34.8 Å². The summed E-state index contributed by atoms with van der Waals surface area (Å²) in [6.45, 7) is 0. The molecule has 0 aliphatic carbocycles. The minimum Gasteiger partial charge on any atom is -0.468 e. The molecule has 0 N–H and O–H groups in total. The molecule has 0 aromatic carbocycles. The molecule has 0 bridgehead atoms. The van der Waals surface area contributed by atoms with Gasteiger partial charge in [0, 0.05) is 0 Å². The first-order valence-corrected chi connectivity index (χ1v) is 4.50. The van der Waals surface area contributed by atoms with Gasteiger partial charge >= 0.3 is 11.9 Å². The number of rotatable bonds is 3. The van der Waals surface area contributed by atoms with Crippen LogP contribution in [0.4, 0.5) is 0 Å². The van der Waals surface area contributed by atoms with Gasteiger partial charge in [0.1, 0.15) is 4.49 Å². The van der Waals surface area contributed by atoms with E-state index in [1.165, 1.54) is 0 Å². The monoisotopic (exact) mass is 260 g/mol. The summed E-state index contributed by atoms with van der Waals surface area (Å²) in [5.41, 5.74) is -0.343. The molecule has 0 amide bonds. The average molecular weight is 261 g/mol. The van der Waals surface area contributed by atoms with Gasteiger partial charge in [-0.1, -0.05) is 23.2 Å². The van der Waals surface area contributed by atoms with Crippen LogP contribution in [0.1, 0.15) is 0 Å². The molecule has 1 atom stereocenters. The Labute approximate surface area is 95.7 Å². The molecule has 0 spiro atoms. The molecule has 0 aliphatic rings. The third kappa shape index (κ3) is 3.36. The van der Waals surface area contributed by atoms with Crippen molar-refractivity contribution in [1.29, 1.82) is 0 Å². The van der Waals surface area contributed by atoms with Crippen molar-refractivity contribution in [3.05, 3.63) is 10.1 Å². The molecule has 0 rings (SSSR count). The van der Waals surface area contributed by atoms with Gasteiger partial charge in [0.15, 0.2) is 5.38 Å². The third-order valence-electron chi connectivity index (χ3n) is 1.27. The topological polar surface area (TPSA) is 52.6 Å². The van der Waals surface area contributed by atoms with Gasteiger partial charge in [-0.2, -0.15) is 0 Å². The average Bonchev–Trinajstić information content (AvgIpc) is 2.15. The zero-order valence-electron chi connectivity index (χ0n) is 7.34. The molecule has 0 heterocycles. The fraction of sp³-hybridized carbons (Fsp3) is 0.429. The van der Waals surface area contributed by atoms with Gasteiger partial charge in [-0.15, -0.1) is 11.6 Å². The third-order valence-corrected chi connectivity index (χ3v) is 2.07. The molecule has 4 nitrogen and oxygen atoms in total. The van der Waals surface area contributed by atoms with Gasteiger partial charge in [-0.25, -0.2) is 4.79 Å². The molecule has 0 aliphatic heterocycles. The maximum Gasteiger partial charge on any atom is 0.338 e. The lowest BCUT2D eigenvalue weighted by atomic mass is 10.2. The first-order chi connectivity index (χ1) is 6.45. The van der Waals surface area contributed by atoms with Crippen molar-refractivity contribution in [3.8, 4) is 0 Å². The second-order valence-corrected chi connectivity index (χ2v) is 3.44. The van der Waals surface area contributed by atoms with Crippen molar-refractivity contribution in [1.82, 2.24) is 0 Å². The van der Waals surface area contributed by atoms with Gasteiger partial charge in [0.2, 0.25) is 0 Å². The van der Waals surface area contributed by atoms with Crippen LogP contribution in [-0.4, -0.2) is 31.5 Å². The zero-order valence-corrected chi connectivity index (χ0v) is 9.61. The Bertz CT molecular complexity index is 270. The Balaban J connectivity index is 4.97. The Morgan fingerprint density at radius 2 is 1.64 bits per heavy atom. The molecular formula is C7H7Cl3O4. The summed E-state index contributed by atoms with van der Waals surface area (Å²) in [5.74, 6) is -1.72. The van der Waals surface area contributed by atoms with Crippen LogP contribution in [0.15, 0.2) is 10.1 Å². The summed E-state index contributed by atoms with van der Waals surface area (Å²) in [4.78, 5) is 22.0. The van der Waals surface area contributed by atoms with Gasteiger partial charge in [-0.3, -0.25) is 4.79 Å². The molecule has 0 saturated carbocycles. The normalized spacial score (nSPS) is 11.5. The van der Waals surface area contributed by atoms with Crippen LogP contribution < -0.4 is 0 Å². The van der Waals surface area contributed by atoms with Crippen LogP contribution >= 0.6 is 34.8 Å². The number of carbonyl (C=O) groups is 2. The first-order valence-electron chi connectivity index (χ1n) is 3.31. The van der Waals surface area contributed by atoms with Gasteiger partial charge < -0.3 is 9.47 Å². The van der Waals surface area contributed by atoms with E-state index in [9.17, 15) is 9.59 Å². The van der Waals surface area contributed by atoms with Gasteiger partial charge in [0.05, 0.1) is 19.8 Å². The Hall–Kier alpha value is -0.450. The van der Waals surface area contributed by atoms with Crippen molar-refractivity contribution in [2.24, 2.45) is 0 Å². The van der Waals surface area contributed by atoms with Crippen molar-refractivity contribution in [2.75, 3.05) is 14.2 Å². The highest BCUT2D eigenvalue weighted by Gasteiger charge is 2.29. The highest BCUT2D eigenvalue weighted by atomic mass is 35.5. The van der Waals surface area contributed by atoms with Gasteiger partial charge in [0.25, 0.3) is 0 Å². The minimum atomic E-state index is -1.38. The largest absolute Gasteiger partial charge is 0.468 e. The second kappa shape index (κ2) is 6.11. The summed E-state index contributed by atoms with van der Waals surface area (Å²) < 4.78 is 8.21. The number of hydrogen-bond acceptors (Lipinski definition) is 4. The standard InChI is InChI=1S/C7H7Cl3O4/c1-13-6(11)3(5(9)10)4(8)7(12)14-2/h4H,1-2H3. The minimum absolute atomic E-state index is 0.343. The predicted molar refractivity (Wildman–Crippen MR) is 52.4 cm³/mol. The lowest BCUT2D eigenvalue weighted by Crippen LogP contribution is -2.24. The molecule has 1 unspecified atom stereocenters. The van der Waals surface area contributed by atoms with Crippen LogP contribution in [0.25, 0.3) is 0 Å². The number of ether oxygens (including phenoxy) is 2. The fourth-order valence-corrected chi connectivity index (χ4v) is 1.38. The maximum absolute atomic E-state index is 11.1. The molecular weight excluding hydrogens is 254 g/mol. The maximum atomic E-state index is 11.1. The lowest BCUT2D eigenvalue weighted by Gasteiger charge is -2.09. The first kappa shape index (κ1) is 13.5. The van der Waals surface area contributed by atoms with E-state index in [1.54, 1.807) is 0 Å². The quantitative estimate of drug-likeness (QED) is 0.440. The lowest BCUT2D eigenvalue weighted by molar-refractivity contribution is -0.142. The highest BCUT2D eigenvalue weighted by molar-refractivity contribution is 6.58. The molecule has 0 aromatic heterocycles. The van der Waals surface area contributed by atoms with Crippen molar-refractivity contribution >= 4 is 46.7 Å². The number of halogens is 3. The van der Waals surface area contributed by atoms with E-state index in [1.807, 2.05) is 0 Å². The van der Waals surface area contributed by atoms with E-state index in [0.717, 1.165) is 14.2 Å². The Kier molecular flexibility index (Phi) is 5.92. The van der Waals surface area contributed by atoms with Crippen molar-refractivity contribution in [2.45, 2.75) is 5.38 Å². The number of hydrogen-bond donors (Lipinski definition) is 0. The smallest absolute Gasteiger partial charge is 0.338 e. The van der Waals surface area contributed by atoms with E-state index in [2.05, 4.69) is 9.47 Å². The van der Waals surface area contributed by atoms with Crippen LogP contribution in [0.5, 0.6) is 0 Å². The zero-order chi connectivity index (χ0) is 11.3. The summed E-state index contributed by atoms with van der Waals surface area (Å²) in [6, 6.07) is 0. The van der Waals surface area contributed by atoms with E-state index < -0.39 is 21.8 Å². The fourth-order valence-electron chi connectivity index (χ4n) is 0.608. The summed E-state index contributed by atoms with van der Waals surface area (Å²) in [6.07, 6.45) is 0. The molecule has 7 heteroatoms. The van der Waals surface area contributed by atoms with Crippen LogP contribution in [-0.2, 0) is 19.1 Å². The molecule has 0 saturated heterocycles.